The fraction of sp³-hybridized carbons (Fsp3) is 0.692. The molecule has 0 radical (unpaired) electrons. The third kappa shape index (κ3) is 2.47. The highest BCUT2D eigenvalue weighted by atomic mass is 16.5. The molecule has 0 amide bonds. The lowest BCUT2D eigenvalue weighted by Gasteiger charge is -2.33. The SMILES string of the molecule is Cc1ccc(NC2COC3(CCCNC3)C2)nn1. The molecule has 2 fully saturated rings. The molecular weight excluding hydrogens is 228 g/mol. The maximum atomic E-state index is 6.02. The largest absolute Gasteiger partial charge is 0.371 e. The molecule has 98 valence electrons. The first kappa shape index (κ1) is 11.9. The van der Waals surface area contributed by atoms with Gasteiger partial charge in [-0.05, 0) is 38.4 Å². The number of anilines is 1. The number of hydrogen-bond donors (Lipinski definition) is 2. The van der Waals surface area contributed by atoms with Crippen LogP contribution in [0.5, 0.6) is 0 Å². The molecule has 0 bridgehead atoms. The summed E-state index contributed by atoms with van der Waals surface area (Å²) in [6, 6.07) is 4.30. The van der Waals surface area contributed by atoms with Crippen molar-refractivity contribution in [3.05, 3.63) is 17.8 Å². The molecule has 1 aromatic heterocycles. The van der Waals surface area contributed by atoms with Crippen LogP contribution >= 0.6 is 0 Å². The lowest BCUT2D eigenvalue weighted by Crippen LogP contribution is -2.45. The molecule has 2 atom stereocenters. The van der Waals surface area contributed by atoms with Crippen molar-refractivity contribution >= 4 is 5.82 Å². The van der Waals surface area contributed by atoms with Crippen molar-refractivity contribution in [2.45, 2.75) is 37.8 Å². The first-order valence-electron chi connectivity index (χ1n) is 6.67. The molecule has 5 nitrogen and oxygen atoms in total. The Hall–Kier alpha value is -1.20. The van der Waals surface area contributed by atoms with E-state index in [9.17, 15) is 0 Å². The van der Waals surface area contributed by atoms with Gasteiger partial charge in [-0.3, -0.25) is 0 Å². The molecule has 0 aliphatic carbocycles. The average Bonchev–Trinajstić information content (AvgIpc) is 2.76. The Kier molecular flexibility index (Phi) is 3.18. The van der Waals surface area contributed by atoms with Gasteiger partial charge in [0, 0.05) is 13.0 Å². The molecule has 18 heavy (non-hydrogen) atoms. The smallest absolute Gasteiger partial charge is 0.148 e. The van der Waals surface area contributed by atoms with E-state index in [1.807, 2.05) is 19.1 Å². The predicted molar refractivity (Wildman–Crippen MR) is 69.6 cm³/mol. The van der Waals surface area contributed by atoms with Gasteiger partial charge in [0.1, 0.15) is 5.82 Å². The van der Waals surface area contributed by atoms with E-state index in [1.54, 1.807) is 0 Å². The highest BCUT2D eigenvalue weighted by Crippen LogP contribution is 2.32. The van der Waals surface area contributed by atoms with Gasteiger partial charge in [-0.25, -0.2) is 0 Å². The van der Waals surface area contributed by atoms with E-state index in [-0.39, 0.29) is 5.60 Å². The molecule has 1 spiro atoms. The maximum absolute atomic E-state index is 6.02. The Balaban J connectivity index is 1.60. The molecule has 2 saturated heterocycles. The van der Waals surface area contributed by atoms with Crippen LogP contribution in [0.3, 0.4) is 0 Å². The Morgan fingerprint density at radius 3 is 3.11 bits per heavy atom. The zero-order valence-electron chi connectivity index (χ0n) is 10.8. The minimum absolute atomic E-state index is 0.0496. The highest BCUT2D eigenvalue weighted by Gasteiger charge is 2.41. The summed E-state index contributed by atoms with van der Waals surface area (Å²) >= 11 is 0. The third-order valence-corrected chi connectivity index (χ3v) is 3.79. The molecule has 2 aliphatic rings. The van der Waals surface area contributed by atoms with Crippen molar-refractivity contribution in [1.29, 1.82) is 0 Å². The van der Waals surface area contributed by atoms with Crippen LogP contribution in [0.2, 0.25) is 0 Å². The van der Waals surface area contributed by atoms with E-state index >= 15 is 0 Å². The summed E-state index contributed by atoms with van der Waals surface area (Å²) in [5.41, 5.74) is 0.991. The summed E-state index contributed by atoms with van der Waals surface area (Å²) in [7, 11) is 0. The number of aromatic nitrogens is 2. The third-order valence-electron chi connectivity index (χ3n) is 3.79. The van der Waals surface area contributed by atoms with E-state index < -0.39 is 0 Å². The van der Waals surface area contributed by atoms with E-state index in [0.717, 1.165) is 44.0 Å². The van der Waals surface area contributed by atoms with Crippen LogP contribution in [0, 0.1) is 6.92 Å². The lowest BCUT2D eigenvalue weighted by atomic mass is 9.90. The Morgan fingerprint density at radius 1 is 1.44 bits per heavy atom. The second-order valence-corrected chi connectivity index (χ2v) is 5.38. The van der Waals surface area contributed by atoms with E-state index in [4.69, 9.17) is 4.74 Å². The van der Waals surface area contributed by atoms with Crippen molar-refractivity contribution < 1.29 is 4.74 Å². The molecule has 2 aliphatic heterocycles. The first-order chi connectivity index (χ1) is 8.76. The normalized spacial score (nSPS) is 31.7. The van der Waals surface area contributed by atoms with Gasteiger partial charge in [0.15, 0.2) is 0 Å². The topological polar surface area (TPSA) is 59.1 Å². The van der Waals surface area contributed by atoms with Crippen LogP contribution in [-0.2, 0) is 4.74 Å². The van der Waals surface area contributed by atoms with Gasteiger partial charge in [0.05, 0.1) is 23.9 Å². The lowest BCUT2D eigenvalue weighted by molar-refractivity contribution is -0.0138. The number of rotatable bonds is 2. The molecular formula is C13H20N4O. The molecule has 2 N–H and O–H groups in total. The summed E-state index contributed by atoms with van der Waals surface area (Å²) in [5.74, 6) is 0.843. The number of hydrogen-bond acceptors (Lipinski definition) is 5. The Morgan fingerprint density at radius 2 is 2.39 bits per heavy atom. The fourth-order valence-corrected chi connectivity index (χ4v) is 2.86. The standard InChI is InChI=1S/C13H20N4O/c1-10-3-4-12(17-16-10)15-11-7-13(18-8-11)5-2-6-14-9-13/h3-4,11,14H,2,5-9H2,1H3,(H,15,17). The molecule has 5 heteroatoms. The zero-order valence-corrected chi connectivity index (χ0v) is 10.8. The molecule has 3 rings (SSSR count). The number of nitrogens with one attached hydrogen (secondary N) is 2. The van der Waals surface area contributed by atoms with Gasteiger partial charge < -0.3 is 15.4 Å². The minimum atomic E-state index is 0.0496. The van der Waals surface area contributed by atoms with Crippen LogP contribution in [-0.4, -0.2) is 41.5 Å². The predicted octanol–water partition coefficient (Wildman–Crippen LogP) is 1.11. The van der Waals surface area contributed by atoms with Crippen molar-refractivity contribution in [2.24, 2.45) is 0 Å². The number of nitrogens with zero attached hydrogens (tertiary/aromatic N) is 2. The Labute approximate surface area is 107 Å². The van der Waals surface area contributed by atoms with Crippen LogP contribution in [0.15, 0.2) is 12.1 Å². The fourth-order valence-electron chi connectivity index (χ4n) is 2.86. The van der Waals surface area contributed by atoms with E-state index in [0.29, 0.717) is 6.04 Å². The molecule has 0 aromatic carbocycles. The second-order valence-electron chi connectivity index (χ2n) is 5.38. The van der Waals surface area contributed by atoms with Crippen LogP contribution in [0.4, 0.5) is 5.82 Å². The minimum Gasteiger partial charge on any atom is -0.371 e. The van der Waals surface area contributed by atoms with Crippen LogP contribution in [0.1, 0.15) is 25.0 Å². The number of piperidine rings is 1. The van der Waals surface area contributed by atoms with Gasteiger partial charge >= 0.3 is 0 Å². The molecule has 3 heterocycles. The number of aryl methyl sites for hydroxylation is 1. The van der Waals surface area contributed by atoms with Gasteiger partial charge in [0.25, 0.3) is 0 Å². The average molecular weight is 248 g/mol. The summed E-state index contributed by atoms with van der Waals surface area (Å²) in [4.78, 5) is 0. The van der Waals surface area contributed by atoms with Gasteiger partial charge in [-0.15, -0.1) is 5.10 Å². The van der Waals surface area contributed by atoms with Crippen molar-refractivity contribution in [3.8, 4) is 0 Å². The summed E-state index contributed by atoms with van der Waals surface area (Å²) in [6.45, 7) is 4.80. The van der Waals surface area contributed by atoms with Crippen molar-refractivity contribution in [1.82, 2.24) is 15.5 Å². The van der Waals surface area contributed by atoms with E-state index in [2.05, 4.69) is 20.8 Å². The monoisotopic (exact) mass is 248 g/mol. The van der Waals surface area contributed by atoms with Crippen LogP contribution < -0.4 is 10.6 Å². The van der Waals surface area contributed by atoms with Crippen LogP contribution in [0.25, 0.3) is 0 Å². The van der Waals surface area contributed by atoms with E-state index in [1.165, 1.54) is 6.42 Å². The van der Waals surface area contributed by atoms with Gasteiger partial charge in [-0.1, -0.05) is 0 Å². The molecule has 2 unspecified atom stereocenters. The quantitative estimate of drug-likeness (QED) is 0.821. The van der Waals surface area contributed by atoms with Gasteiger partial charge in [-0.2, -0.15) is 5.10 Å². The maximum Gasteiger partial charge on any atom is 0.148 e. The summed E-state index contributed by atoms with van der Waals surface area (Å²) in [5, 5.41) is 15.0. The van der Waals surface area contributed by atoms with Gasteiger partial charge in [0.2, 0.25) is 0 Å². The summed E-state index contributed by atoms with van der Waals surface area (Å²) in [6.07, 6.45) is 3.42. The number of ether oxygens (including phenoxy) is 1. The highest BCUT2D eigenvalue weighted by molar-refractivity contribution is 5.34. The zero-order chi connectivity index (χ0) is 12.4. The molecule has 0 saturated carbocycles. The second kappa shape index (κ2) is 4.82. The molecule has 1 aromatic rings. The Bertz CT molecular complexity index is 400. The van der Waals surface area contributed by atoms with Crippen molar-refractivity contribution in [3.63, 3.8) is 0 Å². The van der Waals surface area contributed by atoms with Crippen molar-refractivity contribution in [2.75, 3.05) is 25.0 Å². The first-order valence-corrected chi connectivity index (χ1v) is 6.67. The summed E-state index contributed by atoms with van der Waals surface area (Å²) < 4.78 is 6.02.